The maximum absolute atomic E-state index is 13.6. The summed E-state index contributed by atoms with van der Waals surface area (Å²) in [6.45, 7) is 3.82. The zero-order chi connectivity index (χ0) is 25.3. The van der Waals surface area contributed by atoms with Crippen molar-refractivity contribution in [2.24, 2.45) is 5.92 Å². The van der Waals surface area contributed by atoms with Gasteiger partial charge < -0.3 is 15.4 Å². The number of methoxy groups -OCH3 is 1. The van der Waals surface area contributed by atoms with Crippen LogP contribution in [0.4, 0.5) is 29.3 Å². The molecule has 2 amide bonds. The number of fused-ring (bicyclic) bond motifs is 1. The second-order valence-electron chi connectivity index (χ2n) is 7.69. The van der Waals surface area contributed by atoms with Gasteiger partial charge in [-0.1, -0.05) is 25.4 Å². The van der Waals surface area contributed by atoms with Crippen LogP contribution in [0, 0.1) is 5.92 Å². The fourth-order valence-corrected chi connectivity index (χ4v) is 3.67. The Labute approximate surface area is 201 Å². The van der Waals surface area contributed by atoms with Crippen LogP contribution in [0.25, 0.3) is 11.5 Å². The number of carbonyl (C=O) groups is 1. The van der Waals surface area contributed by atoms with E-state index in [4.69, 9.17) is 16.3 Å². The van der Waals surface area contributed by atoms with Crippen molar-refractivity contribution in [2.75, 3.05) is 17.7 Å². The predicted octanol–water partition coefficient (Wildman–Crippen LogP) is 4.36. The summed E-state index contributed by atoms with van der Waals surface area (Å²) >= 11 is 6.03. The van der Waals surface area contributed by atoms with Crippen LogP contribution in [0.15, 0.2) is 36.9 Å². The van der Waals surface area contributed by atoms with E-state index in [0.29, 0.717) is 11.3 Å². The first kappa shape index (κ1) is 24.3. The highest BCUT2D eigenvalue weighted by atomic mass is 35.5. The van der Waals surface area contributed by atoms with Gasteiger partial charge in [0.15, 0.2) is 16.6 Å². The molecule has 15 heteroatoms. The van der Waals surface area contributed by atoms with Gasteiger partial charge in [0.1, 0.15) is 11.7 Å². The number of nitrogens with zero attached hydrogens (tertiary/aromatic N) is 7. The average Bonchev–Trinajstić information content (AvgIpc) is 3.44. The van der Waals surface area contributed by atoms with Crippen LogP contribution >= 0.6 is 11.6 Å². The van der Waals surface area contributed by atoms with E-state index in [9.17, 15) is 18.0 Å². The summed E-state index contributed by atoms with van der Waals surface area (Å²) < 4.78 is 47.9. The Hall–Kier alpha value is -3.78. The van der Waals surface area contributed by atoms with Gasteiger partial charge in [-0.05, 0) is 12.0 Å². The number of aromatic nitrogens is 7. The van der Waals surface area contributed by atoms with E-state index in [1.54, 1.807) is 6.07 Å². The maximum Gasteiger partial charge on any atom is 0.420 e. The molecule has 11 nitrogen and oxygen atoms in total. The van der Waals surface area contributed by atoms with Gasteiger partial charge in [0.2, 0.25) is 0 Å². The SMILES string of the molecule is CO[C@H](c1c(NC(=O)Nc2cnc(-n3nccn3)c(C(F)(F)F)c2)cnc2cc(Cl)nn12)C(C)C. The summed E-state index contributed by atoms with van der Waals surface area (Å²) in [6, 6.07) is 1.46. The lowest BCUT2D eigenvalue weighted by Gasteiger charge is -2.23. The van der Waals surface area contributed by atoms with Gasteiger partial charge in [-0.25, -0.2) is 19.3 Å². The first-order chi connectivity index (χ1) is 16.6. The minimum absolute atomic E-state index is 0.0285. The van der Waals surface area contributed by atoms with Gasteiger partial charge in [0.05, 0.1) is 41.9 Å². The van der Waals surface area contributed by atoms with Crippen LogP contribution in [-0.2, 0) is 10.9 Å². The van der Waals surface area contributed by atoms with Crippen molar-refractivity contribution >= 4 is 34.7 Å². The summed E-state index contributed by atoms with van der Waals surface area (Å²) in [5, 5.41) is 16.7. The van der Waals surface area contributed by atoms with Gasteiger partial charge in [0, 0.05) is 13.2 Å². The molecule has 4 rings (SSSR count). The number of amides is 2. The minimum atomic E-state index is -4.77. The van der Waals surface area contributed by atoms with Gasteiger partial charge in [-0.15, -0.1) is 4.80 Å². The molecule has 0 spiro atoms. The van der Waals surface area contributed by atoms with E-state index in [2.05, 4.69) is 35.9 Å². The smallest absolute Gasteiger partial charge is 0.375 e. The van der Waals surface area contributed by atoms with Crippen LogP contribution < -0.4 is 10.6 Å². The molecule has 0 unspecified atom stereocenters. The van der Waals surface area contributed by atoms with E-state index in [1.807, 2.05) is 13.8 Å². The van der Waals surface area contributed by atoms with Crippen molar-refractivity contribution < 1.29 is 22.7 Å². The Kier molecular flexibility index (Phi) is 6.58. The number of hydrogen-bond donors (Lipinski definition) is 2. The average molecular weight is 510 g/mol. The lowest BCUT2D eigenvalue weighted by molar-refractivity contribution is -0.137. The molecule has 4 aromatic heterocycles. The predicted molar refractivity (Wildman–Crippen MR) is 119 cm³/mol. The fourth-order valence-electron chi connectivity index (χ4n) is 3.50. The zero-order valence-corrected chi connectivity index (χ0v) is 19.3. The van der Waals surface area contributed by atoms with E-state index in [1.165, 1.54) is 30.2 Å². The molecule has 0 radical (unpaired) electrons. The molecule has 4 heterocycles. The van der Waals surface area contributed by atoms with Gasteiger partial charge >= 0.3 is 12.2 Å². The van der Waals surface area contributed by atoms with Crippen molar-refractivity contribution in [3.05, 3.63) is 53.3 Å². The third-order valence-corrected chi connectivity index (χ3v) is 5.09. The summed E-state index contributed by atoms with van der Waals surface area (Å²) in [5.41, 5.74) is -0.197. The molecule has 0 saturated heterocycles. The number of anilines is 2. The Morgan fingerprint density at radius 1 is 1.11 bits per heavy atom. The van der Waals surface area contributed by atoms with Crippen LogP contribution in [0.2, 0.25) is 5.15 Å². The molecule has 0 bridgehead atoms. The van der Waals surface area contributed by atoms with Gasteiger partial charge in [0.25, 0.3) is 0 Å². The lowest BCUT2D eigenvalue weighted by Crippen LogP contribution is -2.24. The van der Waals surface area contributed by atoms with Crippen molar-refractivity contribution in [3.63, 3.8) is 0 Å². The standard InChI is InChI=1S/C20H19ClF3N9O2/c1-10(2)17(35-3)16-13(9-25-15-7-14(21)31-32(15)16)30-19(34)29-11-6-12(20(22,23)24)18(26-8-11)33-27-4-5-28-33/h4-10,17H,1-3H3,(H2,29,30,34)/t17-/m0/s1. The highest BCUT2D eigenvalue weighted by molar-refractivity contribution is 6.29. The molecule has 0 aliphatic heterocycles. The molecule has 0 aliphatic carbocycles. The molecular formula is C20H19ClF3N9O2. The second-order valence-corrected chi connectivity index (χ2v) is 8.07. The van der Waals surface area contributed by atoms with E-state index in [0.717, 1.165) is 17.1 Å². The molecule has 1 atom stereocenters. The quantitative estimate of drug-likeness (QED) is 0.395. The maximum atomic E-state index is 13.6. The Balaban J connectivity index is 1.65. The lowest BCUT2D eigenvalue weighted by atomic mass is 10.0. The third-order valence-electron chi connectivity index (χ3n) is 4.91. The summed E-state index contributed by atoms with van der Waals surface area (Å²) in [4.78, 5) is 21.5. The van der Waals surface area contributed by atoms with Crippen molar-refractivity contribution in [1.82, 2.24) is 34.6 Å². The van der Waals surface area contributed by atoms with E-state index >= 15 is 0 Å². The number of urea groups is 1. The number of alkyl halides is 3. The molecule has 35 heavy (non-hydrogen) atoms. The number of nitrogens with one attached hydrogen (secondary N) is 2. The molecule has 184 valence electrons. The minimum Gasteiger partial charge on any atom is -0.375 e. The van der Waals surface area contributed by atoms with Crippen LogP contribution in [0.3, 0.4) is 0 Å². The zero-order valence-electron chi connectivity index (χ0n) is 18.6. The van der Waals surface area contributed by atoms with Crippen LogP contribution in [0.1, 0.15) is 31.2 Å². The molecule has 0 aromatic carbocycles. The first-order valence-corrected chi connectivity index (χ1v) is 10.5. The first-order valence-electron chi connectivity index (χ1n) is 10.2. The van der Waals surface area contributed by atoms with Crippen molar-refractivity contribution in [1.29, 1.82) is 0 Å². The molecule has 2 N–H and O–H groups in total. The second kappa shape index (κ2) is 9.46. The molecule has 0 saturated carbocycles. The fraction of sp³-hybridized carbons (Fsp3) is 0.300. The van der Waals surface area contributed by atoms with Crippen LogP contribution in [-0.4, -0.2) is 47.7 Å². The van der Waals surface area contributed by atoms with Gasteiger partial charge in [-0.2, -0.15) is 28.5 Å². The Morgan fingerprint density at radius 2 is 1.83 bits per heavy atom. The number of halogens is 4. The number of ether oxygens (including phenoxy) is 1. The summed E-state index contributed by atoms with van der Waals surface area (Å²) in [7, 11) is 1.51. The van der Waals surface area contributed by atoms with Crippen molar-refractivity contribution in [3.8, 4) is 5.82 Å². The third kappa shape index (κ3) is 5.02. The van der Waals surface area contributed by atoms with E-state index in [-0.39, 0.29) is 22.4 Å². The van der Waals surface area contributed by atoms with Crippen LogP contribution in [0.5, 0.6) is 0 Å². The molecular weight excluding hydrogens is 491 g/mol. The van der Waals surface area contributed by atoms with E-state index < -0.39 is 29.7 Å². The Morgan fingerprint density at radius 3 is 2.46 bits per heavy atom. The number of rotatable bonds is 6. The highest BCUT2D eigenvalue weighted by Crippen LogP contribution is 2.35. The monoisotopic (exact) mass is 509 g/mol. The topological polar surface area (TPSA) is 124 Å². The normalized spacial score (nSPS) is 12.8. The van der Waals surface area contributed by atoms with Crippen molar-refractivity contribution in [2.45, 2.75) is 26.1 Å². The molecule has 4 aromatic rings. The number of carbonyl (C=O) groups excluding carboxylic acids is 1. The molecule has 0 fully saturated rings. The summed E-state index contributed by atoms with van der Waals surface area (Å²) in [6.07, 6.45) is -0.375. The summed E-state index contributed by atoms with van der Waals surface area (Å²) in [5.74, 6) is -0.556. The Bertz CT molecular complexity index is 1360. The number of hydrogen-bond acceptors (Lipinski definition) is 7. The largest absolute Gasteiger partial charge is 0.420 e. The number of pyridine rings is 1. The highest BCUT2D eigenvalue weighted by Gasteiger charge is 2.36. The molecule has 0 aliphatic rings. The van der Waals surface area contributed by atoms with Gasteiger partial charge in [-0.3, -0.25) is 0 Å².